The van der Waals surface area contributed by atoms with Crippen molar-refractivity contribution in [3.05, 3.63) is 29.8 Å². The highest BCUT2D eigenvalue weighted by molar-refractivity contribution is 5.87. The van der Waals surface area contributed by atoms with E-state index in [-0.39, 0.29) is 29.4 Å². The Kier molecular flexibility index (Phi) is 5.81. The van der Waals surface area contributed by atoms with E-state index in [0.29, 0.717) is 12.0 Å². The quantitative estimate of drug-likeness (QED) is 0.490. The lowest BCUT2D eigenvalue weighted by molar-refractivity contribution is -0.148. The number of carbonyl (C=O) groups is 2. The van der Waals surface area contributed by atoms with Crippen molar-refractivity contribution in [1.82, 2.24) is 4.90 Å². The molecule has 2 atom stereocenters. The van der Waals surface area contributed by atoms with Crippen LogP contribution in [0.25, 0.3) is 6.08 Å². The lowest BCUT2D eigenvalue weighted by Gasteiger charge is -2.30. The molecule has 1 saturated heterocycles. The van der Waals surface area contributed by atoms with Gasteiger partial charge in [0, 0.05) is 25.1 Å². The van der Waals surface area contributed by atoms with Crippen molar-refractivity contribution in [2.45, 2.75) is 44.6 Å². The van der Waals surface area contributed by atoms with E-state index in [9.17, 15) is 19.8 Å². The van der Waals surface area contributed by atoms with E-state index in [0.717, 1.165) is 45.2 Å². The number of hydrogen-bond acceptors (Lipinski definition) is 5. The van der Waals surface area contributed by atoms with Crippen LogP contribution in [0.1, 0.15) is 44.1 Å². The number of carbonyl (C=O) groups excluding carboxylic acids is 2. The van der Waals surface area contributed by atoms with Crippen molar-refractivity contribution in [2.75, 3.05) is 13.1 Å². The molecule has 0 radical (unpaired) electrons. The number of aromatic hydroxyl groups is 2. The van der Waals surface area contributed by atoms with E-state index in [4.69, 9.17) is 4.74 Å². The second kappa shape index (κ2) is 8.25. The van der Waals surface area contributed by atoms with Gasteiger partial charge in [-0.3, -0.25) is 4.79 Å². The summed E-state index contributed by atoms with van der Waals surface area (Å²) in [5.41, 5.74) is 0.586. The number of nitrogens with zero attached hydrogens (tertiary/aromatic N) is 1. The lowest BCUT2D eigenvalue weighted by atomic mass is 9.86. The lowest BCUT2D eigenvalue weighted by Crippen LogP contribution is -2.38. The zero-order valence-corrected chi connectivity index (χ0v) is 14.8. The summed E-state index contributed by atoms with van der Waals surface area (Å²) in [5.74, 6) is -0.746. The van der Waals surface area contributed by atoms with Gasteiger partial charge in [0.25, 0.3) is 0 Å². The minimum absolute atomic E-state index is 0.0438. The molecule has 140 valence electrons. The van der Waals surface area contributed by atoms with Gasteiger partial charge in [-0.05, 0) is 62.3 Å². The van der Waals surface area contributed by atoms with Gasteiger partial charge >= 0.3 is 5.97 Å². The number of phenolic OH excluding ortho intramolecular Hbond substituents is 2. The Bertz CT molecular complexity index is 693. The number of rotatable bonds is 4. The van der Waals surface area contributed by atoms with E-state index < -0.39 is 5.97 Å². The highest BCUT2D eigenvalue weighted by Crippen LogP contribution is 2.29. The predicted molar refractivity (Wildman–Crippen MR) is 96.5 cm³/mol. The fraction of sp³-hybridized carbons (Fsp3) is 0.500. The third-order valence-corrected chi connectivity index (χ3v) is 5.09. The number of benzene rings is 1. The molecule has 1 aliphatic carbocycles. The minimum Gasteiger partial charge on any atom is -0.504 e. The van der Waals surface area contributed by atoms with E-state index in [1.54, 1.807) is 6.07 Å². The number of amides is 1. The van der Waals surface area contributed by atoms with Gasteiger partial charge in [-0.2, -0.15) is 0 Å². The van der Waals surface area contributed by atoms with Gasteiger partial charge in [0.05, 0.1) is 0 Å². The number of ether oxygens (including phenoxy) is 1. The second-order valence-electron chi connectivity index (χ2n) is 7.04. The first kappa shape index (κ1) is 18.3. The van der Waals surface area contributed by atoms with Crippen LogP contribution in [0.5, 0.6) is 11.5 Å². The minimum atomic E-state index is -0.461. The maximum atomic E-state index is 12.5. The fourth-order valence-electron chi connectivity index (χ4n) is 3.68. The first-order valence-corrected chi connectivity index (χ1v) is 9.22. The van der Waals surface area contributed by atoms with Crippen LogP contribution in [-0.4, -0.2) is 46.2 Å². The molecule has 2 N–H and O–H groups in total. The highest BCUT2D eigenvalue weighted by atomic mass is 16.5. The van der Waals surface area contributed by atoms with Crippen molar-refractivity contribution in [2.24, 2.45) is 5.92 Å². The SMILES string of the molecule is O=C(/C=C/c1ccc(O)c(O)c1)OC1CCCC(C(=O)N2CCCC2)C1. The Balaban J connectivity index is 1.52. The smallest absolute Gasteiger partial charge is 0.331 e. The van der Waals surface area contributed by atoms with Crippen LogP contribution >= 0.6 is 0 Å². The summed E-state index contributed by atoms with van der Waals surface area (Å²) in [5, 5.41) is 18.8. The van der Waals surface area contributed by atoms with E-state index in [2.05, 4.69) is 0 Å². The maximum Gasteiger partial charge on any atom is 0.331 e. The molecule has 0 aromatic heterocycles. The molecule has 0 spiro atoms. The van der Waals surface area contributed by atoms with Gasteiger partial charge in [0.1, 0.15) is 6.10 Å². The molecule has 6 nitrogen and oxygen atoms in total. The average molecular weight is 359 g/mol. The van der Waals surface area contributed by atoms with Crippen molar-refractivity contribution in [1.29, 1.82) is 0 Å². The monoisotopic (exact) mass is 359 g/mol. The van der Waals surface area contributed by atoms with Crippen molar-refractivity contribution in [3.63, 3.8) is 0 Å². The summed E-state index contributed by atoms with van der Waals surface area (Å²) in [6.45, 7) is 1.70. The van der Waals surface area contributed by atoms with Crippen molar-refractivity contribution in [3.8, 4) is 11.5 Å². The molecule has 6 heteroatoms. The van der Waals surface area contributed by atoms with Gasteiger partial charge in [-0.1, -0.05) is 6.07 Å². The molecule has 2 fully saturated rings. The Morgan fingerprint density at radius 2 is 1.85 bits per heavy atom. The number of esters is 1. The van der Waals surface area contributed by atoms with Crippen molar-refractivity contribution >= 4 is 18.0 Å². The first-order valence-electron chi connectivity index (χ1n) is 9.22. The molecule has 3 rings (SSSR count). The molecule has 1 aromatic carbocycles. The van der Waals surface area contributed by atoms with Gasteiger partial charge in [0.2, 0.25) is 5.91 Å². The standard InChI is InChI=1S/C20H25NO5/c22-17-8-6-14(12-18(17)23)7-9-19(24)26-16-5-3-4-15(13-16)20(25)21-10-1-2-11-21/h6-9,12,15-16,22-23H,1-5,10-11,13H2/b9-7+. The molecule has 0 bridgehead atoms. The van der Waals surface area contributed by atoms with E-state index in [1.165, 1.54) is 24.3 Å². The van der Waals surface area contributed by atoms with Gasteiger partial charge < -0.3 is 19.8 Å². The van der Waals surface area contributed by atoms with Crippen LogP contribution in [0.4, 0.5) is 0 Å². The molecule has 1 amide bonds. The molecule has 26 heavy (non-hydrogen) atoms. The zero-order valence-electron chi connectivity index (χ0n) is 14.8. The van der Waals surface area contributed by atoms with Crippen molar-refractivity contribution < 1.29 is 24.5 Å². The third kappa shape index (κ3) is 4.56. The largest absolute Gasteiger partial charge is 0.504 e. The summed E-state index contributed by atoms with van der Waals surface area (Å²) < 4.78 is 5.50. The van der Waals surface area contributed by atoms with Crippen LogP contribution in [0, 0.1) is 5.92 Å². The van der Waals surface area contributed by atoms with Gasteiger partial charge in [-0.25, -0.2) is 4.79 Å². The number of hydrogen-bond donors (Lipinski definition) is 2. The van der Waals surface area contributed by atoms with Crippen LogP contribution in [0.2, 0.25) is 0 Å². The molecule has 1 saturated carbocycles. The second-order valence-corrected chi connectivity index (χ2v) is 7.04. The zero-order chi connectivity index (χ0) is 18.5. The third-order valence-electron chi connectivity index (χ3n) is 5.09. The van der Waals surface area contributed by atoms with Gasteiger partial charge in [-0.15, -0.1) is 0 Å². The maximum absolute atomic E-state index is 12.5. The summed E-state index contributed by atoms with van der Waals surface area (Å²) in [4.78, 5) is 26.5. The molecule has 2 unspecified atom stereocenters. The molecule has 1 aromatic rings. The number of phenols is 2. The Labute approximate surface area is 153 Å². The topological polar surface area (TPSA) is 87.1 Å². The van der Waals surface area contributed by atoms with Crippen LogP contribution in [0.15, 0.2) is 24.3 Å². The molecule has 1 aliphatic heterocycles. The summed E-state index contributed by atoms with van der Waals surface area (Å²) in [6, 6.07) is 4.31. The van der Waals surface area contributed by atoms with E-state index >= 15 is 0 Å². The van der Waals surface area contributed by atoms with Gasteiger partial charge in [0.15, 0.2) is 11.5 Å². The average Bonchev–Trinajstić information content (AvgIpc) is 3.17. The summed E-state index contributed by atoms with van der Waals surface area (Å²) in [7, 11) is 0. The van der Waals surface area contributed by atoms with Crippen LogP contribution in [-0.2, 0) is 14.3 Å². The summed E-state index contributed by atoms with van der Waals surface area (Å²) >= 11 is 0. The molecule has 1 heterocycles. The Morgan fingerprint density at radius 3 is 2.58 bits per heavy atom. The van der Waals surface area contributed by atoms with E-state index in [1.807, 2.05) is 4.90 Å². The summed E-state index contributed by atoms with van der Waals surface area (Å²) in [6.07, 6.45) is 7.88. The first-order chi connectivity index (χ1) is 12.5. The number of likely N-dealkylation sites (tertiary alicyclic amines) is 1. The highest BCUT2D eigenvalue weighted by Gasteiger charge is 2.32. The molecule has 2 aliphatic rings. The Hall–Kier alpha value is -2.50. The molecular weight excluding hydrogens is 334 g/mol. The normalized spacial score (nSPS) is 23.3. The van der Waals surface area contributed by atoms with Crippen LogP contribution < -0.4 is 0 Å². The predicted octanol–water partition coefficient (Wildman–Crippen LogP) is 2.84. The fourth-order valence-corrected chi connectivity index (χ4v) is 3.68. The Morgan fingerprint density at radius 1 is 1.08 bits per heavy atom. The van der Waals surface area contributed by atoms with Crippen LogP contribution in [0.3, 0.4) is 0 Å². The molecular formula is C20H25NO5.